The summed E-state index contributed by atoms with van der Waals surface area (Å²) in [5, 5.41) is 16.1. The number of anilines is 1. The quantitative estimate of drug-likeness (QED) is 0.372. The van der Waals surface area contributed by atoms with Gasteiger partial charge in [0.2, 0.25) is 11.8 Å². The largest absolute Gasteiger partial charge is 0.508 e. The summed E-state index contributed by atoms with van der Waals surface area (Å²) in [7, 11) is 0. The van der Waals surface area contributed by atoms with Gasteiger partial charge >= 0.3 is 6.09 Å². The lowest BCUT2D eigenvalue weighted by Gasteiger charge is -2.37. The van der Waals surface area contributed by atoms with Gasteiger partial charge in [-0.3, -0.25) is 14.4 Å². The van der Waals surface area contributed by atoms with Crippen LogP contribution in [-0.2, 0) is 19.1 Å². The third-order valence-corrected chi connectivity index (χ3v) is 5.75. The number of alkyl carbamates (subject to hydrolysis) is 1. The number of carbonyl (C=O) groups excluding carboxylic acids is 4. The molecule has 0 bridgehead atoms. The second-order valence-corrected chi connectivity index (χ2v) is 10.5. The van der Waals surface area contributed by atoms with Gasteiger partial charge in [0.1, 0.15) is 23.4 Å². The number of halogens is 1. The highest BCUT2D eigenvalue weighted by molar-refractivity contribution is 6.34. The number of para-hydroxylation sites is 2. The number of benzene rings is 2. The van der Waals surface area contributed by atoms with Gasteiger partial charge in [-0.25, -0.2) is 4.79 Å². The molecule has 0 aliphatic heterocycles. The SMILES string of the molecule is Cc1cccc(Cl)c1NC(=O)C(c1ccccc1O)N(C(=O)C(CC(N)=O)NC(=O)OC(C)(C)C)C(C)C. The van der Waals surface area contributed by atoms with Crippen LogP contribution in [0.2, 0.25) is 5.02 Å². The predicted molar refractivity (Wildman–Crippen MR) is 145 cm³/mol. The van der Waals surface area contributed by atoms with E-state index in [1.165, 1.54) is 17.0 Å². The highest BCUT2D eigenvalue weighted by Crippen LogP contribution is 2.34. The van der Waals surface area contributed by atoms with Crippen LogP contribution in [0.1, 0.15) is 58.2 Å². The lowest BCUT2D eigenvalue weighted by atomic mass is 9.99. The molecule has 0 radical (unpaired) electrons. The van der Waals surface area contributed by atoms with Gasteiger partial charge in [0.15, 0.2) is 0 Å². The molecular formula is C27H35ClN4O6. The van der Waals surface area contributed by atoms with Gasteiger partial charge in [-0.15, -0.1) is 0 Å². The van der Waals surface area contributed by atoms with Crippen LogP contribution in [0.4, 0.5) is 10.5 Å². The topological polar surface area (TPSA) is 151 Å². The first-order chi connectivity index (χ1) is 17.6. The molecule has 2 rings (SSSR count). The standard InChI is InChI=1S/C27H35ClN4O6/c1-15(2)32(25(36)19(14-21(29)34)30-26(37)38-27(4,5)6)23(17-11-7-8-13-20(17)33)24(35)31-22-16(3)10-9-12-18(22)28/h7-13,15,19,23,33H,14H2,1-6H3,(H2,29,34)(H,30,37)(H,31,35). The molecular weight excluding hydrogens is 512 g/mol. The maximum Gasteiger partial charge on any atom is 0.408 e. The zero-order valence-corrected chi connectivity index (χ0v) is 23.1. The molecule has 0 heterocycles. The Labute approximate surface area is 227 Å². The zero-order chi connectivity index (χ0) is 28.8. The van der Waals surface area contributed by atoms with Gasteiger partial charge < -0.3 is 31.1 Å². The maximum atomic E-state index is 13.9. The molecule has 4 amide bonds. The Morgan fingerprint density at radius 1 is 1.08 bits per heavy atom. The Morgan fingerprint density at radius 3 is 2.24 bits per heavy atom. The van der Waals surface area contributed by atoms with E-state index < -0.39 is 54.0 Å². The van der Waals surface area contributed by atoms with E-state index >= 15 is 0 Å². The number of aryl methyl sites for hydroxylation is 1. The van der Waals surface area contributed by atoms with E-state index in [2.05, 4.69) is 10.6 Å². The first kappa shape index (κ1) is 30.4. The van der Waals surface area contributed by atoms with Crippen molar-refractivity contribution >= 4 is 41.1 Å². The molecule has 0 aliphatic carbocycles. The second-order valence-electron chi connectivity index (χ2n) is 10.1. The molecule has 38 heavy (non-hydrogen) atoms. The van der Waals surface area contributed by atoms with Crippen LogP contribution in [0, 0.1) is 6.92 Å². The molecule has 11 heteroatoms. The number of nitrogens with zero attached hydrogens (tertiary/aromatic N) is 1. The molecule has 0 saturated heterocycles. The Morgan fingerprint density at radius 2 is 1.71 bits per heavy atom. The van der Waals surface area contributed by atoms with Crippen LogP contribution in [0.15, 0.2) is 42.5 Å². The molecule has 10 nitrogen and oxygen atoms in total. The molecule has 5 N–H and O–H groups in total. The molecule has 206 valence electrons. The van der Waals surface area contributed by atoms with E-state index in [9.17, 15) is 24.3 Å². The fraction of sp³-hybridized carbons (Fsp3) is 0.407. The molecule has 2 aromatic carbocycles. The van der Waals surface area contributed by atoms with E-state index in [4.69, 9.17) is 22.1 Å². The van der Waals surface area contributed by atoms with Crippen molar-refractivity contribution in [2.45, 2.75) is 71.7 Å². The van der Waals surface area contributed by atoms with Crippen LogP contribution >= 0.6 is 11.6 Å². The number of carbonyl (C=O) groups is 4. The summed E-state index contributed by atoms with van der Waals surface area (Å²) in [6.07, 6.45) is -1.48. The van der Waals surface area contributed by atoms with Gasteiger partial charge in [-0.2, -0.15) is 0 Å². The number of rotatable bonds is 9. The minimum absolute atomic E-state index is 0.131. The van der Waals surface area contributed by atoms with Crippen molar-refractivity contribution in [1.82, 2.24) is 10.2 Å². The van der Waals surface area contributed by atoms with E-state index in [-0.39, 0.29) is 16.3 Å². The van der Waals surface area contributed by atoms with Crippen LogP contribution in [0.25, 0.3) is 0 Å². The molecule has 0 aliphatic rings. The summed E-state index contributed by atoms with van der Waals surface area (Å²) >= 11 is 6.32. The van der Waals surface area contributed by atoms with E-state index in [0.717, 1.165) is 0 Å². The summed E-state index contributed by atoms with van der Waals surface area (Å²) in [5.41, 5.74) is 5.67. The third kappa shape index (κ3) is 8.11. The van der Waals surface area contributed by atoms with Crippen molar-refractivity contribution in [2.75, 3.05) is 5.32 Å². The number of amides is 4. The van der Waals surface area contributed by atoms with Crippen molar-refractivity contribution in [3.8, 4) is 5.75 Å². The van der Waals surface area contributed by atoms with Crippen molar-refractivity contribution in [3.63, 3.8) is 0 Å². The summed E-state index contributed by atoms with van der Waals surface area (Å²) in [6, 6.07) is 7.75. The number of nitrogens with two attached hydrogens (primary N) is 1. The average molecular weight is 547 g/mol. The van der Waals surface area contributed by atoms with Gasteiger partial charge in [0.05, 0.1) is 17.1 Å². The van der Waals surface area contributed by atoms with Crippen molar-refractivity contribution < 1.29 is 29.0 Å². The number of aromatic hydroxyl groups is 1. The Bertz CT molecular complexity index is 1170. The molecule has 2 unspecified atom stereocenters. The number of phenols is 1. The van der Waals surface area contributed by atoms with Crippen LogP contribution in [-0.4, -0.2) is 51.5 Å². The fourth-order valence-electron chi connectivity index (χ4n) is 3.83. The monoisotopic (exact) mass is 546 g/mol. The first-order valence-corrected chi connectivity index (χ1v) is 12.4. The van der Waals surface area contributed by atoms with Crippen LogP contribution < -0.4 is 16.4 Å². The molecule has 2 aromatic rings. The number of phenolic OH excluding ortho intramolecular Hbond substituents is 1. The van der Waals surface area contributed by atoms with Crippen LogP contribution in [0.5, 0.6) is 5.75 Å². The normalized spacial score (nSPS) is 12.8. The smallest absolute Gasteiger partial charge is 0.408 e. The highest BCUT2D eigenvalue weighted by Gasteiger charge is 2.39. The van der Waals surface area contributed by atoms with Gasteiger partial charge in [0.25, 0.3) is 5.91 Å². The predicted octanol–water partition coefficient (Wildman–Crippen LogP) is 4.04. The molecule has 0 fully saturated rings. The van der Waals surface area contributed by atoms with Gasteiger partial charge in [-0.05, 0) is 59.2 Å². The Hall–Kier alpha value is -3.79. The summed E-state index contributed by atoms with van der Waals surface area (Å²) < 4.78 is 5.25. The number of hydrogen-bond donors (Lipinski definition) is 4. The van der Waals surface area contributed by atoms with E-state index in [0.29, 0.717) is 11.3 Å². The van der Waals surface area contributed by atoms with E-state index in [1.807, 2.05) is 0 Å². The zero-order valence-electron chi connectivity index (χ0n) is 22.4. The van der Waals surface area contributed by atoms with Crippen LogP contribution in [0.3, 0.4) is 0 Å². The second kappa shape index (κ2) is 12.6. The number of hydrogen-bond acceptors (Lipinski definition) is 6. The third-order valence-electron chi connectivity index (χ3n) is 5.43. The lowest BCUT2D eigenvalue weighted by Crippen LogP contribution is -2.55. The molecule has 0 saturated carbocycles. The minimum atomic E-state index is -1.44. The highest BCUT2D eigenvalue weighted by atomic mass is 35.5. The number of primary amides is 1. The number of ether oxygens (including phenoxy) is 1. The Balaban J connectivity index is 2.58. The first-order valence-electron chi connectivity index (χ1n) is 12.1. The van der Waals surface area contributed by atoms with Crippen molar-refractivity contribution in [1.29, 1.82) is 0 Å². The van der Waals surface area contributed by atoms with Crippen molar-refractivity contribution in [3.05, 3.63) is 58.6 Å². The summed E-state index contributed by atoms with van der Waals surface area (Å²) in [4.78, 5) is 53.2. The lowest BCUT2D eigenvalue weighted by molar-refractivity contribution is -0.144. The maximum absolute atomic E-state index is 13.9. The Kier molecular flexibility index (Phi) is 10.1. The summed E-state index contributed by atoms with van der Waals surface area (Å²) in [6.45, 7) is 10.0. The molecule has 0 spiro atoms. The van der Waals surface area contributed by atoms with E-state index in [1.54, 1.807) is 71.9 Å². The minimum Gasteiger partial charge on any atom is -0.508 e. The van der Waals surface area contributed by atoms with Crippen molar-refractivity contribution in [2.24, 2.45) is 5.73 Å². The number of nitrogens with one attached hydrogen (secondary N) is 2. The molecule has 0 aromatic heterocycles. The fourth-order valence-corrected chi connectivity index (χ4v) is 4.10. The molecule has 2 atom stereocenters. The van der Waals surface area contributed by atoms with Gasteiger partial charge in [-0.1, -0.05) is 41.9 Å². The van der Waals surface area contributed by atoms with Gasteiger partial charge in [0, 0.05) is 11.6 Å². The summed E-state index contributed by atoms with van der Waals surface area (Å²) in [5.74, 6) is -2.52. The average Bonchev–Trinajstić information content (AvgIpc) is 2.77.